The summed E-state index contributed by atoms with van der Waals surface area (Å²) >= 11 is 0. The molecule has 0 aliphatic heterocycles. The van der Waals surface area contributed by atoms with Crippen molar-refractivity contribution < 1.29 is 19.1 Å². The topological polar surface area (TPSA) is 108 Å². The summed E-state index contributed by atoms with van der Waals surface area (Å²) in [5, 5.41) is 13.0. The Labute approximate surface area is 132 Å². The zero-order valence-electron chi connectivity index (χ0n) is 12.8. The summed E-state index contributed by atoms with van der Waals surface area (Å²) in [5.74, 6) is -0.236. The number of aromatic nitrogens is 4. The molecule has 0 spiro atoms. The molecular formula is C14H17N5O4. The van der Waals surface area contributed by atoms with Gasteiger partial charge in [0, 0.05) is 6.54 Å². The number of carbonyl (C=O) groups is 2. The molecule has 1 aromatic carbocycles. The minimum Gasteiger partial charge on any atom is -0.497 e. The molecule has 1 N–H and O–H groups in total. The largest absolute Gasteiger partial charge is 0.497 e. The second-order valence-electron chi connectivity index (χ2n) is 4.71. The monoisotopic (exact) mass is 319 g/mol. The van der Waals surface area contributed by atoms with E-state index in [-0.39, 0.29) is 12.5 Å². The van der Waals surface area contributed by atoms with Gasteiger partial charge in [-0.3, -0.25) is 9.59 Å². The molecule has 1 aromatic heterocycles. The van der Waals surface area contributed by atoms with Crippen molar-refractivity contribution in [2.75, 3.05) is 7.11 Å². The average molecular weight is 319 g/mol. The van der Waals surface area contributed by atoms with Crippen molar-refractivity contribution in [3.05, 3.63) is 36.2 Å². The van der Waals surface area contributed by atoms with Gasteiger partial charge in [0.05, 0.1) is 7.11 Å². The molecule has 2 aromatic rings. The van der Waals surface area contributed by atoms with Crippen LogP contribution in [0.4, 0.5) is 0 Å². The maximum atomic E-state index is 11.9. The van der Waals surface area contributed by atoms with Crippen molar-refractivity contribution in [1.29, 1.82) is 0 Å². The van der Waals surface area contributed by atoms with E-state index in [1.54, 1.807) is 19.2 Å². The predicted octanol–water partition coefficient (Wildman–Crippen LogP) is -0.0702. The molecule has 122 valence electrons. The van der Waals surface area contributed by atoms with Crippen LogP contribution in [0.1, 0.15) is 12.5 Å². The van der Waals surface area contributed by atoms with Crippen molar-refractivity contribution in [1.82, 2.24) is 25.5 Å². The van der Waals surface area contributed by atoms with Gasteiger partial charge in [-0.1, -0.05) is 12.1 Å². The zero-order valence-corrected chi connectivity index (χ0v) is 12.8. The quantitative estimate of drug-likeness (QED) is 0.712. The van der Waals surface area contributed by atoms with Crippen LogP contribution in [0.25, 0.3) is 0 Å². The minimum atomic E-state index is -0.905. The number of nitrogens with zero attached hydrogens (tertiary/aromatic N) is 4. The fourth-order valence-electron chi connectivity index (χ4n) is 1.75. The van der Waals surface area contributed by atoms with Gasteiger partial charge in [0.2, 0.25) is 0 Å². The first-order valence-corrected chi connectivity index (χ1v) is 6.89. The summed E-state index contributed by atoms with van der Waals surface area (Å²) in [6, 6.07) is 7.29. The molecule has 1 amide bonds. The summed E-state index contributed by atoms with van der Waals surface area (Å²) in [6.07, 6.45) is 0.382. The lowest BCUT2D eigenvalue weighted by atomic mass is 10.2. The van der Waals surface area contributed by atoms with Gasteiger partial charge in [-0.05, 0) is 35.0 Å². The molecule has 0 bridgehead atoms. The fraction of sp³-hybridized carbons (Fsp3) is 0.357. The number of tetrazole rings is 1. The second-order valence-corrected chi connectivity index (χ2v) is 4.71. The van der Waals surface area contributed by atoms with E-state index in [1.165, 1.54) is 17.9 Å². The summed E-state index contributed by atoms with van der Waals surface area (Å²) in [6.45, 7) is 1.68. The highest BCUT2D eigenvalue weighted by Crippen LogP contribution is 2.11. The van der Waals surface area contributed by atoms with Gasteiger partial charge in [-0.15, -0.1) is 5.10 Å². The zero-order chi connectivity index (χ0) is 16.7. The normalized spacial score (nSPS) is 11.6. The highest BCUT2D eigenvalue weighted by Gasteiger charge is 2.18. The molecule has 0 aliphatic rings. The summed E-state index contributed by atoms with van der Waals surface area (Å²) in [4.78, 5) is 23.6. The first kappa shape index (κ1) is 16.4. The maximum Gasteiger partial charge on any atom is 0.328 e. The van der Waals surface area contributed by atoms with E-state index in [4.69, 9.17) is 9.47 Å². The average Bonchev–Trinajstić information content (AvgIpc) is 3.05. The second kappa shape index (κ2) is 7.87. The molecular weight excluding hydrogens is 302 g/mol. The number of benzene rings is 1. The first-order chi connectivity index (χ1) is 11.1. The molecule has 9 heteroatoms. The standard InChI is InChI=1S/C14H17N5O4/c1-10(23-13(20)8-19-9-16-17-18-19)14(21)15-7-11-3-5-12(22-2)6-4-11/h3-6,9-10H,7-8H2,1-2H3,(H,15,21)/t10-/m0/s1. The highest BCUT2D eigenvalue weighted by atomic mass is 16.5. The third kappa shape index (κ3) is 5.06. The van der Waals surface area contributed by atoms with Crippen LogP contribution in [0.2, 0.25) is 0 Å². The summed E-state index contributed by atoms with van der Waals surface area (Å²) < 4.78 is 11.3. The maximum absolute atomic E-state index is 11.9. The molecule has 0 radical (unpaired) electrons. The van der Waals surface area contributed by atoms with Crippen LogP contribution in [-0.2, 0) is 27.4 Å². The number of esters is 1. The molecule has 1 heterocycles. The third-order valence-corrected chi connectivity index (χ3v) is 2.99. The van der Waals surface area contributed by atoms with Crippen LogP contribution in [0.3, 0.4) is 0 Å². The molecule has 2 rings (SSSR count). The summed E-state index contributed by atoms with van der Waals surface area (Å²) in [7, 11) is 1.59. The fourth-order valence-corrected chi connectivity index (χ4v) is 1.75. The van der Waals surface area contributed by atoms with Crippen LogP contribution in [0, 0.1) is 0 Å². The van der Waals surface area contributed by atoms with Crippen LogP contribution < -0.4 is 10.1 Å². The molecule has 9 nitrogen and oxygen atoms in total. The van der Waals surface area contributed by atoms with E-state index in [1.807, 2.05) is 12.1 Å². The molecule has 0 saturated carbocycles. The predicted molar refractivity (Wildman–Crippen MR) is 78.2 cm³/mol. The van der Waals surface area contributed by atoms with E-state index in [0.717, 1.165) is 11.3 Å². The minimum absolute atomic E-state index is 0.150. The number of ether oxygens (including phenoxy) is 2. The Morgan fingerprint density at radius 1 is 1.30 bits per heavy atom. The number of rotatable bonds is 7. The van der Waals surface area contributed by atoms with Crippen molar-refractivity contribution >= 4 is 11.9 Å². The van der Waals surface area contributed by atoms with Crippen molar-refractivity contribution in [3.63, 3.8) is 0 Å². The van der Waals surface area contributed by atoms with Crippen molar-refractivity contribution in [3.8, 4) is 5.75 Å². The lowest BCUT2D eigenvalue weighted by Gasteiger charge is -2.13. The van der Waals surface area contributed by atoms with Gasteiger partial charge >= 0.3 is 5.97 Å². The number of nitrogens with one attached hydrogen (secondary N) is 1. The number of hydrogen-bond acceptors (Lipinski definition) is 7. The van der Waals surface area contributed by atoms with E-state index in [9.17, 15) is 9.59 Å². The van der Waals surface area contributed by atoms with E-state index >= 15 is 0 Å². The number of carbonyl (C=O) groups excluding carboxylic acids is 2. The Balaban J connectivity index is 1.76. The molecule has 0 fully saturated rings. The Kier molecular flexibility index (Phi) is 5.61. The Hall–Kier alpha value is -2.97. The van der Waals surface area contributed by atoms with Gasteiger partial charge in [0.25, 0.3) is 5.91 Å². The van der Waals surface area contributed by atoms with Gasteiger partial charge in [0.1, 0.15) is 18.6 Å². The smallest absolute Gasteiger partial charge is 0.328 e. The highest BCUT2D eigenvalue weighted by molar-refractivity contribution is 5.83. The van der Waals surface area contributed by atoms with Crippen LogP contribution in [-0.4, -0.2) is 45.3 Å². The van der Waals surface area contributed by atoms with Gasteiger partial charge < -0.3 is 14.8 Å². The van der Waals surface area contributed by atoms with Gasteiger partial charge in [-0.25, -0.2) is 4.68 Å². The molecule has 23 heavy (non-hydrogen) atoms. The first-order valence-electron chi connectivity index (χ1n) is 6.89. The number of hydrogen-bond donors (Lipinski definition) is 1. The molecule has 0 aliphatic carbocycles. The number of amides is 1. The molecule has 0 saturated heterocycles. The number of methoxy groups -OCH3 is 1. The molecule has 1 atom stereocenters. The Bertz CT molecular complexity index is 642. The third-order valence-electron chi connectivity index (χ3n) is 2.99. The van der Waals surface area contributed by atoms with E-state index in [0.29, 0.717) is 6.54 Å². The lowest BCUT2D eigenvalue weighted by molar-refractivity contribution is -0.155. The van der Waals surface area contributed by atoms with E-state index in [2.05, 4.69) is 20.8 Å². The van der Waals surface area contributed by atoms with Gasteiger partial charge in [-0.2, -0.15) is 0 Å². The van der Waals surface area contributed by atoms with E-state index < -0.39 is 12.1 Å². The summed E-state index contributed by atoms with van der Waals surface area (Å²) in [5.41, 5.74) is 0.909. The molecule has 0 unspecified atom stereocenters. The van der Waals surface area contributed by atoms with Crippen molar-refractivity contribution in [2.24, 2.45) is 0 Å². The van der Waals surface area contributed by atoms with Crippen LogP contribution >= 0.6 is 0 Å². The lowest BCUT2D eigenvalue weighted by Crippen LogP contribution is -2.36. The van der Waals surface area contributed by atoms with Crippen molar-refractivity contribution in [2.45, 2.75) is 26.1 Å². The van der Waals surface area contributed by atoms with Gasteiger partial charge in [0.15, 0.2) is 6.10 Å². The Morgan fingerprint density at radius 2 is 2.04 bits per heavy atom. The van der Waals surface area contributed by atoms with Crippen LogP contribution in [0.15, 0.2) is 30.6 Å². The SMILES string of the molecule is COc1ccc(CNC(=O)[C@H](C)OC(=O)Cn2cnnn2)cc1. The Morgan fingerprint density at radius 3 is 2.65 bits per heavy atom. The van der Waals surface area contributed by atoms with Crippen LogP contribution in [0.5, 0.6) is 5.75 Å².